The van der Waals surface area contributed by atoms with Gasteiger partial charge in [0, 0.05) is 17.6 Å². The molecule has 0 unspecified atom stereocenters. The normalized spacial score (nSPS) is 10.8. The standard InChI is InChI=1S/C24H26N2O3S/c1-3-28-22-12-14-23(15-13-22)30-26(18-21-7-5-6-16-25-21)17-19-8-10-20(11-9-19)24(27)29-4-2/h5-16H,3-4,17-18H2,1-2H3. The molecule has 30 heavy (non-hydrogen) atoms. The van der Waals surface area contributed by atoms with Gasteiger partial charge < -0.3 is 9.47 Å². The highest BCUT2D eigenvalue weighted by Gasteiger charge is 2.12. The predicted molar refractivity (Wildman–Crippen MR) is 119 cm³/mol. The van der Waals surface area contributed by atoms with Gasteiger partial charge in [-0.25, -0.2) is 9.10 Å². The molecule has 6 heteroatoms. The zero-order valence-electron chi connectivity index (χ0n) is 17.3. The van der Waals surface area contributed by atoms with E-state index in [0.29, 0.717) is 31.9 Å². The Balaban J connectivity index is 1.73. The summed E-state index contributed by atoms with van der Waals surface area (Å²) < 4.78 is 12.8. The van der Waals surface area contributed by atoms with Crippen molar-refractivity contribution in [3.05, 3.63) is 89.7 Å². The van der Waals surface area contributed by atoms with Crippen LogP contribution in [0.5, 0.6) is 5.75 Å². The molecule has 0 aliphatic carbocycles. The molecule has 0 saturated heterocycles. The largest absolute Gasteiger partial charge is 0.494 e. The van der Waals surface area contributed by atoms with Crippen molar-refractivity contribution in [2.45, 2.75) is 31.8 Å². The molecule has 5 nitrogen and oxygen atoms in total. The van der Waals surface area contributed by atoms with Crippen LogP contribution in [0.1, 0.15) is 35.5 Å². The van der Waals surface area contributed by atoms with Crippen LogP contribution in [0.25, 0.3) is 0 Å². The van der Waals surface area contributed by atoms with E-state index in [4.69, 9.17) is 9.47 Å². The summed E-state index contributed by atoms with van der Waals surface area (Å²) in [5.74, 6) is 0.575. The molecule has 0 saturated carbocycles. The summed E-state index contributed by atoms with van der Waals surface area (Å²) >= 11 is 1.67. The molecule has 1 heterocycles. The van der Waals surface area contributed by atoms with E-state index in [0.717, 1.165) is 21.9 Å². The maximum Gasteiger partial charge on any atom is 0.338 e. The number of carbonyl (C=O) groups is 1. The highest BCUT2D eigenvalue weighted by Crippen LogP contribution is 2.28. The highest BCUT2D eigenvalue weighted by atomic mass is 32.2. The third kappa shape index (κ3) is 6.61. The van der Waals surface area contributed by atoms with Crippen molar-refractivity contribution in [1.82, 2.24) is 9.29 Å². The summed E-state index contributed by atoms with van der Waals surface area (Å²) in [6.45, 7) is 6.21. The van der Waals surface area contributed by atoms with Crippen LogP contribution < -0.4 is 4.74 Å². The Bertz CT molecular complexity index is 915. The van der Waals surface area contributed by atoms with Crippen LogP contribution in [-0.4, -0.2) is 28.5 Å². The molecule has 3 aromatic rings. The highest BCUT2D eigenvalue weighted by molar-refractivity contribution is 7.97. The van der Waals surface area contributed by atoms with Crippen molar-refractivity contribution in [3.8, 4) is 5.75 Å². The van der Waals surface area contributed by atoms with Gasteiger partial charge in [-0.1, -0.05) is 18.2 Å². The third-order valence-electron chi connectivity index (χ3n) is 4.26. The van der Waals surface area contributed by atoms with Crippen molar-refractivity contribution >= 4 is 17.9 Å². The number of nitrogens with zero attached hydrogens (tertiary/aromatic N) is 2. The number of ether oxygens (including phenoxy) is 2. The average molecular weight is 423 g/mol. The summed E-state index contributed by atoms with van der Waals surface area (Å²) in [5, 5.41) is 0. The van der Waals surface area contributed by atoms with Crippen LogP contribution in [0.15, 0.2) is 77.8 Å². The van der Waals surface area contributed by atoms with Crippen LogP contribution in [0, 0.1) is 0 Å². The minimum absolute atomic E-state index is 0.293. The number of hydrogen-bond acceptors (Lipinski definition) is 6. The number of esters is 1. The molecule has 156 valence electrons. The predicted octanol–water partition coefficient (Wildman–Crippen LogP) is 5.37. The summed E-state index contributed by atoms with van der Waals surface area (Å²) in [4.78, 5) is 17.5. The molecule has 1 aromatic heterocycles. The van der Waals surface area contributed by atoms with E-state index in [9.17, 15) is 4.79 Å². The second kappa shape index (κ2) is 11.4. The first-order chi connectivity index (χ1) is 14.7. The van der Waals surface area contributed by atoms with E-state index >= 15 is 0 Å². The number of carbonyl (C=O) groups excluding carboxylic acids is 1. The van der Waals surface area contributed by atoms with E-state index in [2.05, 4.69) is 21.4 Å². The number of benzene rings is 2. The lowest BCUT2D eigenvalue weighted by Gasteiger charge is -2.21. The number of rotatable bonds is 10. The lowest BCUT2D eigenvalue weighted by molar-refractivity contribution is 0.0526. The molecule has 0 spiro atoms. The average Bonchev–Trinajstić information content (AvgIpc) is 2.77. The molecule has 0 amide bonds. The Morgan fingerprint density at radius 2 is 1.70 bits per heavy atom. The fourth-order valence-corrected chi connectivity index (χ4v) is 3.84. The fourth-order valence-electron chi connectivity index (χ4n) is 2.87. The van der Waals surface area contributed by atoms with Crippen LogP contribution in [-0.2, 0) is 17.8 Å². The zero-order valence-corrected chi connectivity index (χ0v) is 18.1. The monoisotopic (exact) mass is 422 g/mol. The van der Waals surface area contributed by atoms with Crippen LogP contribution in [0.2, 0.25) is 0 Å². The maximum atomic E-state index is 11.9. The molecular formula is C24H26N2O3S. The molecule has 0 atom stereocenters. The quantitative estimate of drug-likeness (QED) is 0.324. The van der Waals surface area contributed by atoms with Crippen LogP contribution in [0.3, 0.4) is 0 Å². The molecule has 2 aromatic carbocycles. The first kappa shape index (κ1) is 21.9. The summed E-state index contributed by atoms with van der Waals surface area (Å²) in [5.41, 5.74) is 2.67. The third-order valence-corrected chi connectivity index (χ3v) is 5.26. The fraction of sp³-hybridized carbons (Fsp3) is 0.250. The van der Waals surface area contributed by atoms with Gasteiger partial charge >= 0.3 is 5.97 Å². The number of pyridine rings is 1. The minimum Gasteiger partial charge on any atom is -0.494 e. The molecule has 3 rings (SSSR count). The number of aromatic nitrogens is 1. The Hall–Kier alpha value is -2.83. The molecule has 0 aliphatic heterocycles. The summed E-state index contributed by atoms with van der Waals surface area (Å²) in [7, 11) is 0. The van der Waals surface area contributed by atoms with E-state index in [1.165, 1.54) is 0 Å². The smallest absolute Gasteiger partial charge is 0.338 e. The van der Waals surface area contributed by atoms with Crippen LogP contribution in [0.4, 0.5) is 0 Å². The molecule has 0 radical (unpaired) electrons. The topological polar surface area (TPSA) is 51.7 Å². The summed E-state index contributed by atoms with van der Waals surface area (Å²) in [6, 6.07) is 21.6. The molecular weight excluding hydrogens is 396 g/mol. The molecule has 0 N–H and O–H groups in total. The maximum absolute atomic E-state index is 11.9. The van der Waals surface area contributed by atoms with Crippen molar-refractivity contribution < 1.29 is 14.3 Å². The van der Waals surface area contributed by atoms with Gasteiger partial charge in [-0.3, -0.25) is 4.98 Å². The first-order valence-corrected chi connectivity index (χ1v) is 10.8. The Morgan fingerprint density at radius 1 is 0.933 bits per heavy atom. The molecule has 0 bridgehead atoms. The Morgan fingerprint density at radius 3 is 2.33 bits per heavy atom. The van der Waals surface area contributed by atoms with Crippen molar-refractivity contribution in [1.29, 1.82) is 0 Å². The van der Waals surface area contributed by atoms with E-state index in [1.54, 1.807) is 18.9 Å². The van der Waals surface area contributed by atoms with Crippen molar-refractivity contribution in [2.75, 3.05) is 13.2 Å². The van der Waals surface area contributed by atoms with Gasteiger partial charge in [0.25, 0.3) is 0 Å². The van der Waals surface area contributed by atoms with Gasteiger partial charge in [0.2, 0.25) is 0 Å². The zero-order chi connectivity index (χ0) is 21.2. The van der Waals surface area contributed by atoms with Gasteiger partial charge in [-0.15, -0.1) is 0 Å². The second-order valence-electron chi connectivity index (χ2n) is 6.53. The minimum atomic E-state index is -0.293. The first-order valence-electron chi connectivity index (χ1n) is 9.99. The summed E-state index contributed by atoms with van der Waals surface area (Å²) in [6.07, 6.45) is 1.81. The van der Waals surface area contributed by atoms with Crippen molar-refractivity contribution in [3.63, 3.8) is 0 Å². The lowest BCUT2D eigenvalue weighted by atomic mass is 10.1. The second-order valence-corrected chi connectivity index (χ2v) is 7.70. The lowest BCUT2D eigenvalue weighted by Crippen LogP contribution is -2.16. The van der Waals surface area contributed by atoms with Crippen LogP contribution >= 0.6 is 11.9 Å². The Kier molecular flexibility index (Phi) is 8.30. The number of hydrogen-bond donors (Lipinski definition) is 0. The van der Waals surface area contributed by atoms with Gasteiger partial charge in [0.05, 0.1) is 31.0 Å². The van der Waals surface area contributed by atoms with E-state index in [-0.39, 0.29) is 5.97 Å². The van der Waals surface area contributed by atoms with E-state index < -0.39 is 0 Å². The van der Waals surface area contributed by atoms with Gasteiger partial charge in [-0.05, 0) is 79.9 Å². The van der Waals surface area contributed by atoms with Gasteiger partial charge in [0.1, 0.15) is 5.75 Å². The molecule has 0 aliphatic rings. The van der Waals surface area contributed by atoms with Gasteiger partial charge in [-0.2, -0.15) is 0 Å². The van der Waals surface area contributed by atoms with Gasteiger partial charge in [0.15, 0.2) is 0 Å². The van der Waals surface area contributed by atoms with Crippen molar-refractivity contribution in [2.24, 2.45) is 0 Å². The Labute approximate surface area is 182 Å². The van der Waals surface area contributed by atoms with E-state index in [1.807, 2.05) is 67.7 Å². The SMILES string of the molecule is CCOC(=O)c1ccc(CN(Cc2ccccn2)Sc2ccc(OCC)cc2)cc1. The molecule has 0 fully saturated rings.